The molecule has 9 heteroatoms. The first-order valence-electron chi connectivity index (χ1n) is 7.76. The zero-order chi connectivity index (χ0) is 17.2. The smallest absolute Gasteiger partial charge is 0.269 e. The Morgan fingerprint density at radius 1 is 1.38 bits per heavy atom. The van der Waals surface area contributed by atoms with Crippen molar-refractivity contribution in [2.75, 3.05) is 39.4 Å². The highest BCUT2D eigenvalue weighted by Crippen LogP contribution is 2.10. The number of non-ortho nitro benzene ring substituents is 1. The quantitative estimate of drug-likeness (QED) is 0.250. The molecule has 0 unspecified atom stereocenters. The average molecular weight is 351 g/mol. The Labute approximate surface area is 146 Å². The van der Waals surface area contributed by atoms with Gasteiger partial charge in [-0.05, 0) is 42.9 Å². The second kappa shape index (κ2) is 9.91. The van der Waals surface area contributed by atoms with Crippen LogP contribution >= 0.6 is 12.2 Å². The van der Waals surface area contributed by atoms with Gasteiger partial charge in [-0.25, -0.2) is 0 Å². The molecule has 0 saturated carbocycles. The number of nitrogens with one attached hydrogen (secondary N) is 2. The Morgan fingerprint density at radius 2 is 2.08 bits per heavy atom. The lowest BCUT2D eigenvalue weighted by Crippen LogP contribution is -2.39. The fraction of sp³-hybridized carbons (Fsp3) is 0.467. The number of nitro benzene ring substituents is 1. The number of benzene rings is 1. The summed E-state index contributed by atoms with van der Waals surface area (Å²) in [7, 11) is 0. The molecule has 24 heavy (non-hydrogen) atoms. The molecule has 2 N–H and O–H groups in total. The number of hydrogen-bond acceptors (Lipinski definition) is 6. The van der Waals surface area contributed by atoms with Gasteiger partial charge >= 0.3 is 0 Å². The molecule has 8 nitrogen and oxygen atoms in total. The molecule has 0 spiro atoms. The molecular formula is C15H21N5O3S. The standard InChI is InChI=1S/C15H21N5O3S/c21-20(22)14-4-2-13(3-5-14)12-17-18-15(24)16-6-1-7-19-8-10-23-11-9-19/h2-5,12H,1,6-11H2,(H2,16,18,24). The van der Waals surface area contributed by atoms with E-state index in [1.807, 2.05) is 0 Å². The molecule has 0 atom stereocenters. The van der Waals surface area contributed by atoms with Crippen molar-refractivity contribution < 1.29 is 9.66 Å². The van der Waals surface area contributed by atoms with Crippen LogP contribution < -0.4 is 10.7 Å². The third kappa shape index (κ3) is 6.57. The Bertz CT molecular complexity index is 573. The molecule has 2 rings (SSSR count). The van der Waals surface area contributed by atoms with Crippen LogP contribution in [0, 0.1) is 10.1 Å². The van der Waals surface area contributed by atoms with E-state index in [0.29, 0.717) is 5.11 Å². The summed E-state index contributed by atoms with van der Waals surface area (Å²) >= 11 is 5.14. The number of ether oxygens (including phenoxy) is 1. The number of nitro groups is 1. The van der Waals surface area contributed by atoms with E-state index in [1.54, 1.807) is 18.3 Å². The van der Waals surface area contributed by atoms with Crippen LogP contribution in [0.4, 0.5) is 5.69 Å². The molecule has 0 bridgehead atoms. The Morgan fingerprint density at radius 3 is 2.75 bits per heavy atom. The summed E-state index contributed by atoms with van der Waals surface area (Å²) in [5, 5.41) is 18.1. The van der Waals surface area contributed by atoms with E-state index in [-0.39, 0.29) is 5.69 Å². The molecule has 0 aromatic heterocycles. The molecule has 0 radical (unpaired) electrons. The monoisotopic (exact) mass is 351 g/mol. The van der Waals surface area contributed by atoms with Crippen LogP contribution in [0.5, 0.6) is 0 Å². The van der Waals surface area contributed by atoms with Crippen molar-refractivity contribution in [3.8, 4) is 0 Å². The van der Waals surface area contributed by atoms with Gasteiger partial charge in [0.05, 0.1) is 24.4 Å². The maximum Gasteiger partial charge on any atom is 0.269 e. The summed E-state index contributed by atoms with van der Waals surface area (Å²) in [6, 6.07) is 6.12. The van der Waals surface area contributed by atoms with Crippen LogP contribution in [0.1, 0.15) is 12.0 Å². The van der Waals surface area contributed by atoms with Crippen LogP contribution in [0.2, 0.25) is 0 Å². The molecule has 1 aliphatic rings. The van der Waals surface area contributed by atoms with Gasteiger partial charge in [0, 0.05) is 31.8 Å². The van der Waals surface area contributed by atoms with Gasteiger partial charge in [-0.1, -0.05) is 0 Å². The summed E-state index contributed by atoms with van der Waals surface area (Å²) in [5.74, 6) is 0. The van der Waals surface area contributed by atoms with E-state index in [1.165, 1.54) is 12.1 Å². The summed E-state index contributed by atoms with van der Waals surface area (Å²) < 4.78 is 5.31. The van der Waals surface area contributed by atoms with E-state index in [9.17, 15) is 10.1 Å². The van der Waals surface area contributed by atoms with E-state index in [2.05, 4.69) is 20.7 Å². The Balaban J connectivity index is 1.60. The van der Waals surface area contributed by atoms with Crippen molar-refractivity contribution >= 4 is 29.2 Å². The largest absolute Gasteiger partial charge is 0.379 e. The number of rotatable bonds is 7. The van der Waals surface area contributed by atoms with Gasteiger partial charge in [0.1, 0.15) is 0 Å². The number of hydrogen-bond donors (Lipinski definition) is 2. The minimum atomic E-state index is -0.435. The zero-order valence-electron chi connectivity index (χ0n) is 13.3. The van der Waals surface area contributed by atoms with Gasteiger partial charge in [-0.2, -0.15) is 5.10 Å². The predicted octanol–water partition coefficient (Wildman–Crippen LogP) is 1.12. The predicted molar refractivity (Wildman–Crippen MR) is 96.3 cm³/mol. The first-order chi connectivity index (χ1) is 11.6. The number of thiocarbonyl (C=S) groups is 1. The molecule has 1 aliphatic heterocycles. The SMILES string of the molecule is O=[N+]([O-])c1ccc(C=NNC(=S)NCCCN2CCOCC2)cc1. The highest BCUT2D eigenvalue weighted by Gasteiger charge is 2.09. The van der Waals surface area contributed by atoms with Gasteiger partial charge < -0.3 is 10.1 Å². The molecule has 1 aromatic rings. The second-order valence-corrected chi connectivity index (χ2v) is 5.69. The van der Waals surface area contributed by atoms with Crippen molar-refractivity contribution in [3.05, 3.63) is 39.9 Å². The minimum absolute atomic E-state index is 0.0533. The van der Waals surface area contributed by atoms with Crippen molar-refractivity contribution in [1.29, 1.82) is 0 Å². The van der Waals surface area contributed by atoms with Crippen LogP contribution in [0.3, 0.4) is 0 Å². The van der Waals surface area contributed by atoms with Gasteiger partial charge in [-0.15, -0.1) is 0 Å². The Kier molecular flexibility index (Phi) is 7.53. The van der Waals surface area contributed by atoms with Crippen molar-refractivity contribution in [1.82, 2.24) is 15.6 Å². The van der Waals surface area contributed by atoms with Gasteiger partial charge in [0.2, 0.25) is 0 Å². The summed E-state index contributed by atoms with van der Waals surface area (Å²) in [6.45, 7) is 5.39. The molecular weight excluding hydrogens is 330 g/mol. The van der Waals surface area contributed by atoms with Crippen LogP contribution in [0.15, 0.2) is 29.4 Å². The highest BCUT2D eigenvalue weighted by atomic mass is 32.1. The number of morpholine rings is 1. The molecule has 1 saturated heterocycles. The maximum atomic E-state index is 10.6. The zero-order valence-corrected chi connectivity index (χ0v) is 14.1. The fourth-order valence-corrected chi connectivity index (χ4v) is 2.37. The first-order valence-corrected chi connectivity index (χ1v) is 8.17. The minimum Gasteiger partial charge on any atom is -0.379 e. The first kappa shape index (κ1) is 18.2. The third-order valence-electron chi connectivity index (χ3n) is 3.52. The summed E-state index contributed by atoms with van der Waals surface area (Å²) in [5.41, 5.74) is 3.54. The Hall–Kier alpha value is -2.10. The van der Waals surface area contributed by atoms with Gasteiger partial charge in [-0.3, -0.25) is 20.4 Å². The van der Waals surface area contributed by atoms with Crippen molar-refractivity contribution in [2.24, 2.45) is 5.10 Å². The van der Waals surface area contributed by atoms with E-state index in [0.717, 1.165) is 51.4 Å². The fourth-order valence-electron chi connectivity index (χ4n) is 2.22. The van der Waals surface area contributed by atoms with Crippen molar-refractivity contribution in [3.63, 3.8) is 0 Å². The van der Waals surface area contributed by atoms with E-state index >= 15 is 0 Å². The lowest BCUT2D eigenvalue weighted by molar-refractivity contribution is -0.384. The highest BCUT2D eigenvalue weighted by molar-refractivity contribution is 7.80. The van der Waals surface area contributed by atoms with Crippen LogP contribution in [0.25, 0.3) is 0 Å². The van der Waals surface area contributed by atoms with Gasteiger partial charge in [0.15, 0.2) is 5.11 Å². The normalized spacial score (nSPS) is 15.3. The molecule has 0 aliphatic carbocycles. The maximum absolute atomic E-state index is 10.6. The third-order valence-corrected chi connectivity index (χ3v) is 3.76. The number of nitrogens with zero attached hydrogens (tertiary/aromatic N) is 3. The van der Waals surface area contributed by atoms with Crippen molar-refractivity contribution in [2.45, 2.75) is 6.42 Å². The topological polar surface area (TPSA) is 92.0 Å². The molecule has 1 aromatic carbocycles. The molecule has 0 amide bonds. The molecule has 1 fully saturated rings. The van der Waals surface area contributed by atoms with E-state index in [4.69, 9.17) is 17.0 Å². The lowest BCUT2D eigenvalue weighted by Gasteiger charge is -2.26. The molecule has 130 valence electrons. The summed E-state index contributed by atoms with van der Waals surface area (Å²) in [6.07, 6.45) is 2.55. The number of hydrazone groups is 1. The lowest BCUT2D eigenvalue weighted by atomic mass is 10.2. The molecule has 1 heterocycles. The van der Waals surface area contributed by atoms with Crippen LogP contribution in [-0.4, -0.2) is 60.5 Å². The van der Waals surface area contributed by atoms with E-state index < -0.39 is 4.92 Å². The average Bonchev–Trinajstić information content (AvgIpc) is 2.60. The summed E-state index contributed by atoms with van der Waals surface area (Å²) in [4.78, 5) is 12.5. The second-order valence-electron chi connectivity index (χ2n) is 5.28. The van der Waals surface area contributed by atoms with Crippen LogP contribution in [-0.2, 0) is 4.74 Å². The van der Waals surface area contributed by atoms with Gasteiger partial charge in [0.25, 0.3) is 5.69 Å².